The number of hydrogen-bond donors (Lipinski definition) is 0. The van der Waals surface area contributed by atoms with Gasteiger partial charge in [0.1, 0.15) is 0 Å². The predicted octanol–water partition coefficient (Wildman–Crippen LogP) is -2.08. The molecule has 0 atom stereocenters. The zero-order valence-electron chi connectivity index (χ0n) is 3.40. The zero-order valence-corrected chi connectivity index (χ0v) is 6.15. The first-order valence-corrected chi connectivity index (χ1v) is 3.05. The fraction of sp³-hybridized carbons (Fsp3) is 0. The quantitative estimate of drug-likeness (QED) is 0.396. The average molecular weight is 174 g/mol. The van der Waals surface area contributed by atoms with Gasteiger partial charge in [0.05, 0.1) is 0 Å². The Hall–Kier alpha value is 0.509. The number of halogens is 1. The van der Waals surface area contributed by atoms with Crippen LogP contribution in [0.25, 0.3) is 0 Å². The van der Waals surface area contributed by atoms with E-state index in [0.29, 0.717) is 0 Å². The Morgan fingerprint density at radius 2 is 2.29 bits per heavy atom. The molecule has 0 aliphatic rings. The van der Waals surface area contributed by atoms with Gasteiger partial charge in [0, 0.05) is 0 Å². The summed E-state index contributed by atoms with van der Waals surface area (Å²) in [5.74, 6) is 0. The van der Waals surface area contributed by atoms with Crippen LogP contribution in [0.2, 0.25) is 0 Å². The molecule has 0 saturated heterocycles. The van der Waals surface area contributed by atoms with Crippen molar-refractivity contribution in [3.63, 3.8) is 0 Å². The first-order chi connectivity index (χ1) is 2.89. The van der Waals surface area contributed by atoms with Crippen LogP contribution in [0.3, 0.4) is 0 Å². The van der Waals surface area contributed by atoms with Gasteiger partial charge < -0.3 is 12.4 Å². The summed E-state index contributed by atoms with van der Waals surface area (Å²) in [5.41, 5.74) is 0. The van der Waals surface area contributed by atoms with E-state index in [-0.39, 0.29) is 12.4 Å². The van der Waals surface area contributed by atoms with Crippen molar-refractivity contribution in [2.45, 2.75) is 0 Å². The van der Waals surface area contributed by atoms with Crippen LogP contribution in [0.4, 0.5) is 0 Å². The minimum atomic E-state index is 0. The summed E-state index contributed by atoms with van der Waals surface area (Å²) in [4.78, 5) is 0. The third-order valence-electron chi connectivity index (χ3n) is 0.486. The molecule has 0 nitrogen and oxygen atoms in total. The molecule has 0 amide bonds. The Morgan fingerprint density at radius 1 is 1.57 bits per heavy atom. The van der Waals surface area contributed by atoms with Gasteiger partial charge in [-0.15, -0.1) is 0 Å². The van der Waals surface area contributed by atoms with Gasteiger partial charge in [0.15, 0.2) is 0 Å². The molecule has 0 aliphatic heterocycles. The van der Waals surface area contributed by atoms with Crippen LogP contribution in [0.5, 0.6) is 0 Å². The van der Waals surface area contributed by atoms with E-state index in [2.05, 4.69) is 16.0 Å². The van der Waals surface area contributed by atoms with E-state index in [1.807, 2.05) is 17.5 Å². The van der Waals surface area contributed by atoms with Gasteiger partial charge in [-0.2, -0.15) is 0 Å². The molecule has 39 valence electrons. The van der Waals surface area contributed by atoms with E-state index >= 15 is 0 Å². The summed E-state index contributed by atoms with van der Waals surface area (Å²) < 4.78 is 1.20. The molecule has 7 heavy (non-hydrogen) atoms. The van der Waals surface area contributed by atoms with Crippen molar-refractivity contribution < 1.29 is 28.4 Å². The van der Waals surface area contributed by atoms with Crippen LogP contribution < -0.4 is 16.2 Å². The molecule has 0 radical (unpaired) electrons. The standard InChI is InChI=1S/C4H3S.ClH.Mn/c1-2-4-5-3-1;;/h1-3H;1H;/q;;+1/p-1. The molecule has 0 N–H and O–H groups in total. The van der Waals surface area contributed by atoms with Gasteiger partial charge >= 0.3 is 48.6 Å². The molecular formula is C4H3ClMnS. The van der Waals surface area contributed by atoms with Crippen molar-refractivity contribution in [3.05, 3.63) is 17.5 Å². The van der Waals surface area contributed by atoms with E-state index in [9.17, 15) is 0 Å². The van der Waals surface area contributed by atoms with Crippen LogP contribution in [0.15, 0.2) is 17.5 Å². The van der Waals surface area contributed by atoms with Crippen LogP contribution in [-0.2, 0) is 16.0 Å². The van der Waals surface area contributed by atoms with Crippen LogP contribution in [0.1, 0.15) is 0 Å². The summed E-state index contributed by atoms with van der Waals surface area (Å²) in [6.07, 6.45) is 0. The molecule has 1 heterocycles. The molecule has 0 spiro atoms. The summed E-state index contributed by atoms with van der Waals surface area (Å²) in [5, 5.41) is 2.03. The van der Waals surface area contributed by atoms with Gasteiger partial charge in [-0.3, -0.25) is 0 Å². The Labute approximate surface area is 61.2 Å². The van der Waals surface area contributed by atoms with Crippen molar-refractivity contribution in [1.82, 2.24) is 0 Å². The third kappa shape index (κ3) is 2.35. The molecule has 0 aliphatic carbocycles. The fourth-order valence-electron chi connectivity index (χ4n) is 0.259. The molecule has 0 fully saturated rings. The summed E-state index contributed by atoms with van der Waals surface area (Å²) in [7, 11) is 0. The molecule has 0 bridgehead atoms. The van der Waals surface area contributed by atoms with E-state index in [1.165, 1.54) is 3.78 Å². The molecule has 0 unspecified atom stereocenters. The number of thiophene rings is 1. The molecule has 3 heteroatoms. The first kappa shape index (κ1) is 7.51. The molecular weight excluding hydrogens is 171 g/mol. The van der Waals surface area contributed by atoms with Gasteiger partial charge in [-0.05, 0) is 0 Å². The monoisotopic (exact) mass is 173 g/mol. The average Bonchev–Trinajstić information content (AvgIpc) is 1.86. The molecule has 1 rings (SSSR count). The second-order valence-corrected chi connectivity index (χ2v) is 2.88. The van der Waals surface area contributed by atoms with Gasteiger partial charge in [0.25, 0.3) is 0 Å². The predicted molar refractivity (Wildman–Crippen MR) is 24.0 cm³/mol. The summed E-state index contributed by atoms with van der Waals surface area (Å²) >= 11 is 4.99. The Balaban J connectivity index is 0.000000360. The molecule has 1 aromatic rings. The minimum absolute atomic E-state index is 0. The van der Waals surface area contributed by atoms with E-state index in [0.717, 1.165) is 0 Å². The first-order valence-electron chi connectivity index (χ1n) is 1.58. The van der Waals surface area contributed by atoms with E-state index < -0.39 is 0 Å². The van der Waals surface area contributed by atoms with E-state index in [1.54, 1.807) is 11.3 Å². The maximum absolute atomic E-state index is 3.30. The summed E-state index contributed by atoms with van der Waals surface area (Å²) in [6, 6.07) is 4.03. The maximum atomic E-state index is 3.30. The van der Waals surface area contributed by atoms with Crippen molar-refractivity contribution in [1.29, 1.82) is 0 Å². The van der Waals surface area contributed by atoms with E-state index in [4.69, 9.17) is 0 Å². The van der Waals surface area contributed by atoms with Crippen molar-refractivity contribution in [2.24, 2.45) is 0 Å². The SMILES string of the molecule is [Cl-].[Mn+][c]1cccs1. The normalized spacial score (nSPS) is 7.43. The van der Waals surface area contributed by atoms with Crippen molar-refractivity contribution in [2.75, 3.05) is 0 Å². The summed E-state index contributed by atoms with van der Waals surface area (Å²) in [6.45, 7) is 0. The molecule has 0 aromatic carbocycles. The fourth-order valence-corrected chi connectivity index (χ4v) is 1.06. The number of hydrogen-bond acceptors (Lipinski definition) is 1. The van der Waals surface area contributed by atoms with Gasteiger partial charge in [-0.25, -0.2) is 0 Å². The van der Waals surface area contributed by atoms with Gasteiger partial charge in [0.2, 0.25) is 0 Å². The van der Waals surface area contributed by atoms with Gasteiger partial charge in [-0.1, -0.05) is 0 Å². The van der Waals surface area contributed by atoms with Crippen LogP contribution >= 0.6 is 11.3 Å². The van der Waals surface area contributed by atoms with Crippen molar-refractivity contribution in [3.8, 4) is 0 Å². The van der Waals surface area contributed by atoms with Crippen LogP contribution in [-0.4, -0.2) is 0 Å². The third-order valence-corrected chi connectivity index (χ3v) is 1.76. The molecule has 1 aromatic heterocycles. The number of rotatable bonds is 0. The van der Waals surface area contributed by atoms with Crippen molar-refractivity contribution >= 4 is 15.1 Å². The Kier molecular flexibility index (Phi) is 3.76. The Morgan fingerprint density at radius 3 is 2.43 bits per heavy atom. The Bertz CT molecular complexity index is 115. The topological polar surface area (TPSA) is 0 Å². The second-order valence-electron chi connectivity index (χ2n) is 0.917. The van der Waals surface area contributed by atoms with Crippen LogP contribution in [0, 0.1) is 0 Å². The molecule has 0 saturated carbocycles. The zero-order chi connectivity index (χ0) is 4.41. The second kappa shape index (κ2) is 3.50.